The standard InChI is InChI=1S/C19H15BN.C4H12N.5CO.Cr/c21-16-20(17-10-4-1-5-11-17,18-12-6-2-7-13-18)19-14-8-3-9-15-19;1-5(2,3)4;5*1-2;/h1-15H;1-4H3;;;;;;/q-1;+1;;;;;;. The van der Waals surface area contributed by atoms with E-state index < -0.39 is 6.15 Å². The molecule has 3 aromatic carbocycles. The smallest absolute Gasteiger partial charge is 0 e. The van der Waals surface area contributed by atoms with Crippen LogP contribution in [0.15, 0.2) is 91.0 Å². The second-order valence-corrected chi connectivity index (χ2v) is 7.91. The average Bonchev–Trinajstić information content (AvgIpc) is 2.96. The molecule has 0 heterocycles. The van der Waals surface area contributed by atoms with Crippen molar-refractivity contribution in [1.29, 1.82) is 5.26 Å². The summed E-state index contributed by atoms with van der Waals surface area (Å²) in [5, 5.41) is 10.1. The molecule has 0 saturated carbocycles. The molecule has 0 atom stereocenters. The van der Waals surface area contributed by atoms with Gasteiger partial charge in [-0.2, -0.15) is 16.4 Å². The minimum absolute atomic E-state index is 0. The van der Waals surface area contributed by atoms with Gasteiger partial charge in [-0.3, -0.25) is 0 Å². The quantitative estimate of drug-likeness (QED) is 0.218. The summed E-state index contributed by atoms with van der Waals surface area (Å²) >= 11 is 0. The largest absolute Gasteiger partial charge is 0 e. The molecular formula is C28H27BCrN2O5. The van der Waals surface area contributed by atoms with Crippen LogP contribution in [0.2, 0.25) is 0 Å². The Labute approximate surface area is 231 Å². The van der Waals surface area contributed by atoms with Crippen LogP contribution in [0.25, 0.3) is 0 Å². The molecule has 0 aliphatic heterocycles. The van der Waals surface area contributed by atoms with Gasteiger partial charge in [0.15, 0.2) is 6.15 Å². The van der Waals surface area contributed by atoms with Gasteiger partial charge in [-0.05, 0) is 0 Å². The van der Waals surface area contributed by atoms with Crippen LogP contribution in [0.3, 0.4) is 0 Å². The first-order valence-electron chi connectivity index (χ1n) is 9.92. The van der Waals surface area contributed by atoms with Crippen molar-refractivity contribution < 1.29 is 45.1 Å². The topological polar surface area (TPSA) is 123 Å². The van der Waals surface area contributed by atoms with Crippen LogP contribution in [0.4, 0.5) is 0 Å². The van der Waals surface area contributed by atoms with E-state index in [2.05, 4.69) is 67.4 Å². The Kier molecular flexibility index (Phi) is 33.7. The zero-order valence-corrected chi connectivity index (χ0v) is 22.4. The zero-order chi connectivity index (χ0) is 29.0. The number of nitriles is 1. The van der Waals surface area contributed by atoms with Crippen molar-refractivity contribution in [3.05, 3.63) is 124 Å². The first-order valence-corrected chi connectivity index (χ1v) is 9.92. The fraction of sp³-hybridized carbons (Fsp3) is 0.143. The Balaban J connectivity index is -0.000000182. The van der Waals surface area contributed by atoms with Crippen molar-refractivity contribution >= 4 is 22.5 Å². The zero-order valence-electron chi connectivity index (χ0n) is 21.1. The molecule has 9 heteroatoms. The fourth-order valence-electron chi connectivity index (χ4n) is 3.03. The van der Waals surface area contributed by atoms with Gasteiger partial charge in [0.1, 0.15) is 0 Å². The molecule has 0 fully saturated rings. The van der Waals surface area contributed by atoms with Gasteiger partial charge >= 0.3 is 56.5 Å². The van der Waals surface area contributed by atoms with Crippen molar-refractivity contribution in [2.75, 3.05) is 28.2 Å². The monoisotopic (exact) mass is 534 g/mol. The Morgan fingerprint density at radius 1 is 0.514 bits per heavy atom. The van der Waals surface area contributed by atoms with Crippen LogP contribution < -0.4 is 16.4 Å². The molecule has 3 aromatic rings. The van der Waals surface area contributed by atoms with Gasteiger partial charge in [-0.1, -0.05) is 91.0 Å². The fourth-order valence-corrected chi connectivity index (χ4v) is 3.03. The summed E-state index contributed by atoms with van der Waals surface area (Å²) in [5.74, 6) is 2.63. The van der Waals surface area contributed by atoms with E-state index in [0.29, 0.717) is 0 Å². The van der Waals surface area contributed by atoms with Gasteiger partial charge in [0, 0.05) is 17.4 Å². The van der Waals surface area contributed by atoms with Crippen LogP contribution in [0.5, 0.6) is 0 Å². The first-order chi connectivity index (χ1) is 17.4. The third-order valence-corrected chi connectivity index (χ3v) is 4.09. The molecule has 0 aromatic heterocycles. The molecule has 7 nitrogen and oxygen atoms in total. The molecule has 0 amide bonds. The van der Waals surface area contributed by atoms with Crippen LogP contribution in [-0.4, -0.2) is 38.8 Å². The van der Waals surface area contributed by atoms with Crippen LogP contribution >= 0.6 is 0 Å². The predicted molar refractivity (Wildman–Crippen MR) is 133 cm³/mol. The number of hydrogen-bond acceptors (Lipinski definition) is 1. The molecular weight excluding hydrogens is 507 g/mol. The molecule has 0 bridgehead atoms. The second kappa shape index (κ2) is 28.6. The van der Waals surface area contributed by atoms with Gasteiger partial charge in [-0.25, -0.2) is 5.26 Å². The van der Waals surface area contributed by atoms with E-state index in [9.17, 15) is 5.26 Å². The van der Waals surface area contributed by atoms with Gasteiger partial charge in [0.2, 0.25) is 0 Å². The second-order valence-electron chi connectivity index (χ2n) is 7.91. The van der Waals surface area contributed by atoms with E-state index in [-0.39, 0.29) is 17.4 Å². The molecule has 0 unspecified atom stereocenters. The summed E-state index contributed by atoms with van der Waals surface area (Å²) in [6.07, 6.45) is -1.59. The summed E-state index contributed by atoms with van der Waals surface area (Å²) in [7, 11) is 8.50. The van der Waals surface area contributed by atoms with Crippen LogP contribution in [0, 0.1) is 44.5 Å². The minimum atomic E-state index is -1.59. The molecule has 0 saturated heterocycles. The molecule has 0 spiro atoms. The normalized spacial score (nSPS) is 8.03. The SMILES string of the molecule is C[N+](C)(C)C.N#C[B-](c1ccccc1)(c1ccccc1)c1ccccc1.[C-]#[O+].[C-]#[O+].[C-]#[O+].[C-]#[O+].[C-]#[O+].[Cr]. The molecule has 3 rings (SSSR count). The van der Waals surface area contributed by atoms with Gasteiger partial charge in [0.05, 0.1) is 28.2 Å². The maximum absolute atomic E-state index is 10.1. The van der Waals surface area contributed by atoms with Crippen molar-refractivity contribution in [3.8, 4) is 5.97 Å². The first kappa shape index (κ1) is 43.5. The summed E-state index contributed by atoms with van der Waals surface area (Å²) < 4.78 is 38.5. The predicted octanol–water partition coefficient (Wildman–Crippen LogP) is 2.35. The third kappa shape index (κ3) is 17.5. The summed E-state index contributed by atoms with van der Waals surface area (Å²) in [6, 6.07) is 30.2. The van der Waals surface area contributed by atoms with E-state index in [0.717, 1.165) is 20.9 Å². The molecule has 37 heavy (non-hydrogen) atoms. The Morgan fingerprint density at radius 2 is 0.676 bits per heavy atom. The maximum Gasteiger partial charge on any atom is 0 e. The van der Waals surface area contributed by atoms with Crippen molar-refractivity contribution in [2.45, 2.75) is 0 Å². The minimum Gasteiger partial charge on any atom is 0 e. The van der Waals surface area contributed by atoms with Crippen molar-refractivity contribution in [1.82, 2.24) is 0 Å². The molecule has 0 N–H and O–H groups in total. The number of benzene rings is 3. The van der Waals surface area contributed by atoms with Crippen molar-refractivity contribution in [3.63, 3.8) is 0 Å². The Hall–Kier alpha value is -3.59. The molecule has 0 radical (unpaired) electrons. The number of nitrogens with zero attached hydrogens (tertiary/aromatic N) is 2. The van der Waals surface area contributed by atoms with Crippen LogP contribution in [-0.2, 0) is 40.6 Å². The Bertz CT molecular complexity index is 933. The molecule has 188 valence electrons. The number of hydrogen-bond donors (Lipinski definition) is 0. The summed E-state index contributed by atoms with van der Waals surface area (Å²) in [5.41, 5.74) is 3.16. The van der Waals surface area contributed by atoms with Crippen LogP contribution in [0.1, 0.15) is 0 Å². The van der Waals surface area contributed by atoms with Gasteiger partial charge in [0.25, 0.3) is 0 Å². The summed E-state index contributed by atoms with van der Waals surface area (Å²) in [6.45, 7) is 22.5. The average molecular weight is 534 g/mol. The van der Waals surface area contributed by atoms with Gasteiger partial charge < -0.3 is 4.48 Å². The maximum atomic E-state index is 10.1. The van der Waals surface area contributed by atoms with E-state index in [1.54, 1.807) is 0 Å². The van der Waals surface area contributed by atoms with Gasteiger partial charge in [-0.15, -0.1) is 5.97 Å². The van der Waals surface area contributed by atoms with E-state index in [1.165, 1.54) is 0 Å². The number of quaternary nitrogens is 1. The van der Waals surface area contributed by atoms with E-state index >= 15 is 0 Å². The molecule has 0 aliphatic carbocycles. The van der Waals surface area contributed by atoms with E-state index in [4.69, 9.17) is 23.3 Å². The van der Waals surface area contributed by atoms with E-state index in [1.807, 2.05) is 91.0 Å². The Morgan fingerprint density at radius 3 is 0.811 bits per heavy atom. The van der Waals surface area contributed by atoms with Crippen molar-refractivity contribution in [2.24, 2.45) is 0 Å². The number of rotatable bonds is 3. The molecule has 0 aliphatic rings. The summed E-state index contributed by atoms with van der Waals surface area (Å²) in [4.78, 5) is 0. The third-order valence-electron chi connectivity index (χ3n) is 4.09.